The standard InChI is InChI=1S/C15H15ClN6/c1-2-7-19-15-21-13-12(17-8-9-18-13)14(22-15)20-11-5-3-10(16)4-6-11/h3-6,8-9H,2,7H2,1H3,(H2,18,19,20,21,22). The molecule has 0 aliphatic rings. The Bertz CT molecular complexity index is 775. The molecular weight excluding hydrogens is 300 g/mol. The molecule has 7 heteroatoms. The highest BCUT2D eigenvalue weighted by atomic mass is 35.5. The maximum Gasteiger partial charge on any atom is 0.226 e. The highest BCUT2D eigenvalue weighted by Crippen LogP contribution is 2.23. The highest BCUT2D eigenvalue weighted by molar-refractivity contribution is 6.30. The van der Waals surface area contributed by atoms with Crippen molar-refractivity contribution in [3.63, 3.8) is 0 Å². The van der Waals surface area contributed by atoms with Crippen LogP contribution in [0.25, 0.3) is 11.2 Å². The van der Waals surface area contributed by atoms with Gasteiger partial charge in [-0.15, -0.1) is 0 Å². The minimum absolute atomic E-state index is 0.534. The number of aromatic nitrogens is 4. The van der Waals surface area contributed by atoms with Gasteiger partial charge in [-0.25, -0.2) is 9.97 Å². The Morgan fingerprint density at radius 3 is 2.59 bits per heavy atom. The molecule has 0 fully saturated rings. The van der Waals surface area contributed by atoms with E-state index in [-0.39, 0.29) is 0 Å². The van der Waals surface area contributed by atoms with Crippen LogP contribution in [-0.2, 0) is 0 Å². The van der Waals surface area contributed by atoms with Crippen LogP contribution in [0.4, 0.5) is 17.5 Å². The average molecular weight is 315 g/mol. The molecule has 0 unspecified atom stereocenters. The van der Waals surface area contributed by atoms with Gasteiger partial charge in [0.1, 0.15) is 0 Å². The van der Waals surface area contributed by atoms with Crippen LogP contribution in [0, 0.1) is 0 Å². The van der Waals surface area contributed by atoms with Crippen molar-refractivity contribution in [3.05, 3.63) is 41.7 Å². The average Bonchev–Trinajstić information content (AvgIpc) is 2.55. The third kappa shape index (κ3) is 3.23. The van der Waals surface area contributed by atoms with E-state index in [4.69, 9.17) is 11.6 Å². The second-order valence-electron chi connectivity index (χ2n) is 4.68. The number of halogens is 1. The Balaban J connectivity index is 2.00. The van der Waals surface area contributed by atoms with Gasteiger partial charge in [-0.3, -0.25) is 0 Å². The van der Waals surface area contributed by atoms with E-state index in [1.165, 1.54) is 0 Å². The minimum atomic E-state index is 0.534. The van der Waals surface area contributed by atoms with Crippen molar-refractivity contribution in [1.82, 2.24) is 19.9 Å². The van der Waals surface area contributed by atoms with Crippen LogP contribution in [0.3, 0.4) is 0 Å². The third-order valence-electron chi connectivity index (χ3n) is 2.97. The Morgan fingerprint density at radius 1 is 1.05 bits per heavy atom. The molecule has 1 aromatic carbocycles. The maximum absolute atomic E-state index is 5.91. The van der Waals surface area contributed by atoms with Crippen molar-refractivity contribution in [2.24, 2.45) is 0 Å². The van der Waals surface area contributed by atoms with Crippen LogP contribution in [-0.4, -0.2) is 26.5 Å². The molecule has 0 saturated carbocycles. The Morgan fingerprint density at radius 2 is 1.82 bits per heavy atom. The molecule has 3 aromatic rings. The fourth-order valence-electron chi connectivity index (χ4n) is 1.94. The summed E-state index contributed by atoms with van der Waals surface area (Å²) in [6.07, 6.45) is 4.23. The van der Waals surface area contributed by atoms with Crippen LogP contribution < -0.4 is 10.6 Å². The van der Waals surface area contributed by atoms with Crippen molar-refractivity contribution in [3.8, 4) is 0 Å². The van der Waals surface area contributed by atoms with Gasteiger partial charge in [0, 0.05) is 29.6 Å². The fraction of sp³-hybridized carbons (Fsp3) is 0.200. The highest BCUT2D eigenvalue weighted by Gasteiger charge is 2.10. The van der Waals surface area contributed by atoms with E-state index in [0.717, 1.165) is 18.7 Å². The summed E-state index contributed by atoms with van der Waals surface area (Å²) >= 11 is 5.91. The van der Waals surface area contributed by atoms with Crippen molar-refractivity contribution in [1.29, 1.82) is 0 Å². The molecule has 2 aromatic heterocycles. The predicted octanol–water partition coefficient (Wildman–Crippen LogP) is 3.64. The van der Waals surface area contributed by atoms with Gasteiger partial charge in [-0.1, -0.05) is 18.5 Å². The molecule has 3 rings (SSSR count). The summed E-state index contributed by atoms with van der Waals surface area (Å²) in [6.45, 7) is 2.88. The molecule has 0 spiro atoms. The summed E-state index contributed by atoms with van der Waals surface area (Å²) in [5.41, 5.74) is 2.04. The SMILES string of the molecule is CCCNc1nc(Nc2ccc(Cl)cc2)c2nccnc2n1. The van der Waals surface area contributed by atoms with Gasteiger partial charge in [0.2, 0.25) is 5.95 Å². The monoisotopic (exact) mass is 314 g/mol. The number of hydrogen-bond donors (Lipinski definition) is 2. The molecule has 22 heavy (non-hydrogen) atoms. The summed E-state index contributed by atoms with van der Waals surface area (Å²) in [7, 11) is 0. The van der Waals surface area contributed by atoms with Crippen molar-refractivity contribution in [2.75, 3.05) is 17.2 Å². The number of nitrogens with zero attached hydrogens (tertiary/aromatic N) is 4. The summed E-state index contributed by atoms with van der Waals surface area (Å²) in [4.78, 5) is 17.4. The number of rotatable bonds is 5. The largest absolute Gasteiger partial charge is 0.354 e. The molecule has 0 atom stereocenters. The van der Waals surface area contributed by atoms with Gasteiger partial charge in [0.05, 0.1) is 0 Å². The van der Waals surface area contributed by atoms with Crippen molar-refractivity contribution in [2.45, 2.75) is 13.3 Å². The van der Waals surface area contributed by atoms with E-state index in [9.17, 15) is 0 Å². The summed E-state index contributed by atoms with van der Waals surface area (Å²) in [5, 5.41) is 7.09. The summed E-state index contributed by atoms with van der Waals surface area (Å²) in [5.74, 6) is 1.14. The van der Waals surface area contributed by atoms with Crippen molar-refractivity contribution < 1.29 is 0 Å². The topological polar surface area (TPSA) is 75.6 Å². The molecule has 0 aliphatic carbocycles. The van der Waals surface area contributed by atoms with E-state index in [1.54, 1.807) is 12.4 Å². The first-order valence-corrected chi connectivity index (χ1v) is 7.39. The molecule has 2 N–H and O–H groups in total. The normalized spacial score (nSPS) is 10.6. The molecule has 2 heterocycles. The van der Waals surface area contributed by atoms with E-state index >= 15 is 0 Å². The molecule has 0 aliphatic heterocycles. The Hall–Kier alpha value is -2.47. The lowest BCUT2D eigenvalue weighted by Gasteiger charge is -2.10. The van der Waals surface area contributed by atoms with Gasteiger partial charge < -0.3 is 10.6 Å². The van der Waals surface area contributed by atoms with Gasteiger partial charge in [-0.2, -0.15) is 9.97 Å². The first-order chi connectivity index (χ1) is 10.8. The number of nitrogens with one attached hydrogen (secondary N) is 2. The molecule has 0 saturated heterocycles. The number of anilines is 3. The van der Waals surface area contributed by atoms with E-state index < -0.39 is 0 Å². The summed E-state index contributed by atoms with van der Waals surface area (Å²) < 4.78 is 0. The zero-order valence-corrected chi connectivity index (χ0v) is 12.8. The van der Waals surface area contributed by atoms with E-state index in [0.29, 0.717) is 28.0 Å². The maximum atomic E-state index is 5.91. The predicted molar refractivity (Wildman–Crippen MR) is 88.6 cm³/mol. The Labute approximate surface area is 133 Å². The lowest BCUT2D eigenvalue weighted by atomic mass is 10.3. The van der Waals surface area contributed by atoms with Crippen LogP contribution >= 0.6 is 11.6 Å². The molecule has 6 nitrogen and oxygen atoms in total. The third-order valence-corrected chi connectivity index (χ3v) is 3.22. The van der Waals surface area contributed by atoms with Crippen LogP contribution in [0.1, 0.15) is 13.3 Å². The second kappa shape index (κ2) is 6.53. The number of hydrogen-bond acceptors (Lipinski definition) is 6. The second-order valence-corrected chi connectivity index (χ2v) is 5.12. The summed E-state index contributed by atoms with van der Waals surface area (Å²) in [6, 6.07) is 7.39. The molecule has 112 valence electrons. The Kier molecular flexibility index (Phi) is 4.29. The van der Waals surface area contributed by atoms with Crippen molar-refractivity contribution >= 4 is 40.2 Å². The van der Waals surface area contributed by atoms with E-state index in [1.807, 2.05) is 24.3 Å². The smallest absolute Gasteiger partial charge is 0.226 e. The quantitative estimate of drug-likeness (QED) is 0.749. The van der Waals surface area contributed by atoms with Gasteiger partial charge >= 0.3 is 0 Å². The lowest BCUT2D eigenvalue weighted by molar-refractivity contribution is 0.955. The fourth-order valence-corrected chi connectivity index (χ4v) is 2.06. The zero-order chi connectivity index (χ0) is 15.4. The van der Waals surface area contributed by atoms with Gasteiger partial charge in [0.15, 0.2) is 17.0 Å². The van der Waals surface area contributed by atoms with Crippen LogP contribution in [0.15, 0.2) is 36.7 Å². The molecule has 0 bridgehead atoms. The molecule has 0 amide bonds. The van der Waals surface area contributed by atoms with Crippen LogP contribution in [0.5, 0.6) is 0 Å². The lowest BCUT2D eigenvalue weighted by Crippen LogP contribution is -2.07. The number of benzene rings is 1. The van der Waals surface area contributed by atoms with Gasteiger partial charge in [0.25, 0.3) is 0 Å². The number of fused-ring (bicyclic) bond motifs is 1. The van der Waals surface area contributed by atoms with Crippen LogP contribution in [0.2, 0.25) is 5.02 Å². The zero-order valence-electron chi connectivity index (χ0n) is 12.0. The molecular formula is C15H15ClN6. The minimum Gasteiger partial charge on any atom is -0.354 e. The van der Waals surface area contributed by atoms with Gasteiger partial charge in [-0.05, 0) is 30.7 Å². The van der Waals surface area contributed by atoms with E-state index in [2.05, 4.69) is 37.5 Å². The first-order valence-electron chi connectivity index (χ1n) is 7.01. The first kappa shape index (κ1) is 14.5. The molecule has 0 radical (unpaired) electrons.